The lowest BCUT2D eigenvalue weighted by molar-refractivity contribution is 0.554. The summed E-state index contributed by atoms with van der Waals surface area (Å²) in [6.45, 7) is 1.75. The first-order chi connectivity index (χ1) is 9.22. The van der Waals surface area contributed by atoms with E-state index in [1.807, 2.05) is 36.4 Å². The predicted molar refractivity (Wildman–Crippen MR) is 74.5 cm³/mol. The minimum Gasteiger partial charge on any atom is -0.456 e. The normalized spacial score (nSPS) is 11.6. The minimum absolute atomic E-state index is 0.303. The van der Waals surface area contributed by atoms with Crippen LogP contribution < -0.4 is 5.63 Å². The van der Waals surface area contributed by atoms with E-state index in [1.165, 1.54) is 0 Å². The molecule has 2 heterocycles. The molecule has 4 rings (SSSR count). The Labute approximate surface area is 108 Å². The summed E-state index contributed by atoms with van der Waals surface area (Å²) in [5.41, 5.74) is 2.44. The highest BCUT2D eigenvalue weighted by Gasteiger charge is 2.09. The lowest BCUT2D eigenvalue weighted by Crippen LogP contribution is -2.01. The van der Waals surface area contributed by atoms with Gasteiger partial charge in [-0.05, 0) is 25.1 Å². The van der Waals surface area contributed by atoms with Crippen LogP contribution in [0.3, 0.4) is 0 Å². The zero-order valence-electron chi connectivity index (χ0n) is 10.3. The van der Waals surface area contributed by atoms with E-state index >= 15 is 0 Å². The molecular weight excluding hydrogens is 240 g/mol. The average molecular weight is 250 g/mol. The molecule has 19 heavy (non-hydrogen) atoms. The van der Waals surface area contributed by atoms with Crippen LogP contribution in [0.4, 0.5) is 0 Å². The van der Waals surface area contributed by atoms with E-state index < -0.39 is 0 Å². The maximum atomic E-state index is 11.5. The fourth-order valence-electron chi connectivity index (χ4n) is 2.44. The molecule has 0 saturated carbocycles. The van der Waals surface area contributed by atoms with Gasteiger partial charge in [-0.3, -0.25) is 0 Å². The maximum absolute atomic E-state index is 11.5. The number of rotatable bonds is 0. The van der Waals surface area contributed by atoms with Gasteiger partial charge < -0.3 is 8.83 Å². The van der Waals surface area contributed by atoms with Crippen LogP contribution in [-0.4, -0.2) is 0 Å². The van der Waals surface area contributed by atoms with Crippen molar-refractivity contribution in [2.75, 3.05) is 0 Å². The van der Waals surface area contributed by atoms with Gasteiger partial charge in [0.2, 0.25) is 0 Å². The third-order valence-corrected chi connectivity index (χ3v) is 3.41. The van der Waals surface area contributed by atoms with Gasteiger partial charge in [-0.1, -0.05) is 18.2 Å². The van der Waals surface area contributed by atoms with Gasteiger partial charge in [0.25, 0.3) is 0 Å². The fraction of sp³-hybridized carbons (Fsp3) is 0.0625. The van der Waals surface area contributed by atoms with Crippen LogP contribution in [-0.2, 0) is 0 Å². The largest absolute Gasteiger partial charge is 0.456 e. The Balaban J connectivity index is 2.24. The van der Waals surface area contributed by atoms with Crippen molar-refractivity contribution in [3.63, 3.8) is 0 Å². The minimum atomic E-state index is -0.303. The Morgan fingerprint density at radius 3 is 2.58 bits per heavy atom. The molecule has 3 nitrogen and oxygen atoms in total. The van der Waals surface area contributed by atoms with Gasteiger partial charge in [-0.25, -0.2) is 4.79 Å². The molecule has 0 saturated heterocycles. The quantitative estimate of drug-likeness (QED) is 0.443. The smallest absolute Gasteiger partial charge is 0.339 e. The van der Waals surface area contributed by atoms with Crippen LogP contribution >= 0.6 is 0 Å². The first-order valence-electron chi connectivity index (χ1n) is 6.08. The third-order valence-electron chi connectivity index (χ3n) is 3.41. The van der Waals surface area contributed by atoms with Crippen molar-refractivity contribution in [1.29, 1.82) is 0 Å². The van der Waals surface area contributed by atoms with Crippen molar-refractivity contribution in [2.24, 2.45) is 0 Å². The number of hydrogen-bond acceptors (Lipinski definition) is 3. The molecule has 0 N–H and O–H groups in total. The first kappa shape index (κ1) is 10.4. The molecule has 0 aliphatic carbocycles. The van der Waals surface area contributed by atoms with Gasteiger partial charge in [0.15, 0.2) is 0 Å². The van der Waals surface area contributed by atoms with E-state index in [0.29, 0.717) is 11.1 Å². The molecule has 2 aromatic carbocycles. The van der Waals surface area contributed by atoms with Crippen molar-refractivity contribution in [3.05, 3.63) is 58.4 Å². The molecule has 92 valence electrons. The van der Waals surface area contributed by atoms with Gasteiger partial charge in [0.1, 0.15) is 16.7 Å². The average Bonchev–Trinajstić information content (AvgIpc) is 2.75. The number of aryl methyl sites for hydroxylation is 1. The molecule has 0 aliphatic heterocycles. The molecular formula is C16H10O3. The zero-order valence-corrected chi connectivity index (χ0v) is 10.3. The van der Waals surface area contributed by atoms with E-state index in [9.17, 15) is 4.79 Å². The van der Waals surface area contributed by atoms with Gasteiger partial charge in [-0.2, -0.15) is 0 Å². The molecule has 4 aromatic rings. The summed E-state index contributed by atoms with van der Waals surface area (Å²) in [5, 5.41) is 3.02. The Morgan fingerprint density at radius 2 is 1.68 bits per heavy atom. The van der Waals surface area contributed by atoms with E-state index in [2.05, 4.69) is 0 Å². The highest BCUT2D eigenvalue weighted by Crippen LogP contribution is 2.31. The summed E-state index contributed by atoms with van der Waals surface area (Å²) in [4.78, 5) is 11.5. The SMILES string of the molecule is Cc1cc2cc3c(cc2oc1=O)oc1ccccc13. The molecule has 3 heteroatoms. The predicted octanol–water partition coefficient (Wildman–Crippen LogP) is 4.00. The third kappa shape index (κ3) is 1.41. The monoisotopic (exact) mass is 250 g/mol. The molecule has 0 spiro atoms. The van der Waals surface area contributed by atoms with Crippen molar-refractivity contribution in [3.8, 4) is 0 Å². The summed E-state index contributed by atoms with van der Waals surface area (Å²) in [7, 11) is 0. The van der Waals surface area contributed by atoms with Crippen molar-refractivity contribution in [2.45, 2.75) is 6.92 Å². The van der Waals surface area contributed by atoms with Crippen LogP contribution in [0.15, 0.2) is 56.1 Å². The molecule has 0 unspecified atom stereocenters. The second-order valence-electron chi connectivity index (χ2n) is 4.70. The number of furan rings is 1. The van der Waals surface area contributed by atoms with Gasteiger partial charge in [0, 0.05) is 27.8 Å². The van der Waals surface area contributed by atoms with Crippen LogP contribution in [0.25, 0.3) is 32.9 Å². The van der Waals surface area contributed by atoms with Crippen LogP contribution in [0, 0.1) is 6.92 Å². The van der Waals surface area contributed by atoms with Crippen molar-refractivity contribution in [1.82, 2.24) is 0 Å². The molecule has 0 aliphatic rings. The summed E-state index contributed by atoms with van der Waals surface area (Å²) in [5.74, 6) is 0. The second kappa shape index (κ2) is 3.48. The number of para-hydroxylation sites is 1. The topological polar surface area (TPSA) is 43.4 Å². The molecule has 0 radical (unpaired) electrons. The van der Waals surface area contributed by atoms with Gasteiger partial charge in [0.05, 0.1) is 0 Å². The van der Waals surface area contributed by atoms with E-state index in [1.54, 1.807) is 13.0 Å². The Morgan fingerprint density at radius 1 is 0.842 bits per heavy atom. The fourth-order valence-corrected chi connectivity index (χ4v) is 2.44. The lowest BCUT2D eigenvalue weighted by Gasteiger charge is -1.98. The van der Waals surface area contributed by atoms with Crippen LogP contribution in [0.5, 0.6) is 0 Å². The lowest BCUT2D eigenvalue weighted by atomic mass is 10.1. The zero-order chi connectivity index (χ0) is 13.0. The Bertz CT molecular complexity index is 989. The number of benzene rings is 2. The van der Waals surface area contributed by atoms with Gasteiger partial charge >= 0.3 is 5.63 Å². The maximum Gasteiger partial charge on any atom is 0.339 e. The second-order valence-corrected chi connectivity index (χ2v) is 4.70. The molecule has 0 bridgehead atoms. The number of fused-ring (bicyclic) bond motifs is 4. The first-order valence-corrected chi connectivity index (χ1v) is 6.08. The highest BCUT2D eigenvalue weighted by molar-refractivity contribution is 6.09. The molecule has 0 atom stereocenters. The van der Waals surface area contributed by atoms with Crippen molar-refractivity contribution < 1.29 is 8.83 Å². The Kier molecular flexibility index (Phi) is 1.90. The molecule has 0 amide bonds. The molecule has 0 fully saturated rings. The Hall–Kier alpha value is -2.55. The van der Waals surface area contributed by atoms with E-state index in [4.69, 9.17) is 8.83 Å². The highest BCUT2D eigenvalue weighted by atomic mass is 16.4. The summed E-state index contributed by atoms with van der Waals surface area (Å²) in [6, 6.07) is 13.5. The number of hydrogen-bond donors (Lipinski definition) is 0. The summed E-state index contributed by atoms with van der Waals surface area (Å²) in [6.07, 6.45) is 0. The standard InChI is InChI=1S/C16H10O3/c1-9-6-10-7-12-11-4-2-3-5-13(11)18-15(12)8-14(10)19-16(9)17/h2-8H,1H3. The molecule has 2 aromatic heterocycles. The van der Waals surface area contributed by atoms with E-state index in [-0.39, 0.29) is 5.63 Å². The van der Waals surface area contributed by atoms with Gasteiger partial charge in [-0.15, -0.1) is 0 Å². The summed E-state index contributed by atoms with van der Waals surface area (Å²) < 4.78 is 11.0. The van der Waals surface area contributed by atoms with Crippen LogP contribution in [0.1, 0.15) is 5.56 Å². The van der Waals surface area contributed by atoms with Crippen LogP contribution in [0.2, 0.25) is 0 Å². The summed E-state index contributed by atoms with van der Waals surface area (Å²) >= 11 is 0. The van der Waals surface area contributed by atoms with Crippen molar-refractivity contribution >= 4 is 32.9 Å². The van der Waals surface area contributed by atoms with E-state index in [0.717, 1.165) is 27.3 Å².